The summed E-state index contributed by atoms with van der Waals surface area (Å²) in [6.45, 7) is 2.15. The smallest absolute Gasteiger partial charge is 0.115 e. The van der Waals surface area contributed by atoms with E-state index >= 15 is 0 Å². The number of halogens is 1. The molecule has 0 aliphatic rings. The summed E-state index contributed by atoms with van der Waals surface area (Å²) < 4.78 is 0. The maximum absolute atomic E-state index is 5.87. The van der Waals surface area contributed by atoms with Gasteiger partial charge in [0.25, 0.3) is 0 Å². The average molecular weight is 239 g/mol. The Labute approximate surface area is 98.1 Å². The van der Waals surface area contributed by atoms with Crippen LogP contribution in [-0.4, -0.2) is 15.7 Å². The molecule has 0 N–H and O–H groups in total. The van der Waals surface area contributed by atoms with Gasteiger partial charge in [0.2, 0.25) is 0 Å². The predicted octanol–water partition coefficient (Wildman–Crippen LogP) is 3.79. The first-order valence-electron chi connectivity index (χ1n) is 4.84. The fraction of sp³-hybridized carbons (Fsp3) is 0.273. The van der Waals surface area contributed by atoms with Crippen LogP contribution >= 0.6 is 23.4 Å². The normalized spacial score (nSPS) is 10.8. The molecule has 0 atom stereocenters. The van der Waals surface area contributed by atoms with Gasteiger partial charge in [-0.15, -0.1) is 11.8 Å². The molecule has 1 aromatic heterocycles. The van der Waals surface area contributed by atoms with Gasteiger partial charge >= 0.3 is 0 Å². The van der Waals surface area contributed by atoms with E-state index < -0.39 is 0 Å². The van der Waals surface area contributed by atoms with Crippen LogP contribution in [0.15, 0.2) is 29.4 Å². The number of hydrogen-bond donors (Lipinski definition) is 0. The van der Waals surface area contributed by atoms with Crippen molar-refractivity contribution in [1.29, 1.82) is 0 Å². The zero-order chi connectivity index (χ0) is 10.7. The molecular formula is C11H11ClN2S. The molecule has 0 spiro atoms. The van der Waals surface area contributed by atoms with Crippen molar-refractivity contribution in [3.63, 3.8) is 0 Å². The van der Waals surface area contributed by atoms with E-state index in [1.54, 1.807) is 18.0 Å². The van der Waals surface area contributed by atoms with E-state index in [1.165, 1.54) is 0 Å². The molecular weight excluding hydrogens is 228 g/mol. The Hall–Kier alpha value is -0.800. The summed E-state index contributed by atoms with van der Waals surface area (Å²) in [6, 6.07) is 5.58. The lowest BCUT2D eigenvalue weighted by molar-refractivity contribution is 1.08. The van der Waals surface area contributed by atoms with Crippen molar-refractivity contribution in [3.8, 4) is 0 Å². The molecule has 2 rings (SSSR count). The fourth-order valence-electron chi connectivity index (χ4n) is 1.24. The van der Waals surface area contributed by atoms with Crippen LogP contribution in [0.2, 0.25) is 5.02 Å². The lowest BCUT2D eigenvalue weighted by Gasteiger charge is -2.01. The summed E-state index contributed by atoms with van der Waals surface area (Å²) in [7, 11) is 0. The third-order valence-corrected chi connectivity index (χ3v) is 3.28. The summed E-state index contributed by atoms with van der Waals surface area (Å²) in [4.78, 5) is 8.82. The number of hydrogen-bond acceptors (Lipinski definition) is 3. The number of fused-ring (bicyclic) bond motifs is 1. The minimum absolute atomic E-state index is 0.700. The van der Waals surface area contributed by atoms with Gasteiger partial charge in [-0.2, -0.15) is 0 Å². The minimum Gasteiger partial charge on any atom is -0.252 e. The lowest BCUT2D eigenvalue weighted by Crippen LogP contribution is -1.87. The number of thioether (sulfide) groups is 1. The third kappa shape index (κ3) is 2.61. The van der Waals surface area contributed by atoms with Gasteiger partial charge in [0.15, 0.2) is 0 Å². The van der Waals surface area contributed by atoms with Crippen LogP contribution < -0.4 is 0 Å². The molecule has 78 valence electrons. The first kappa shape index (κ1) is 10.7. The molecule has 2 aromatic rings. The van der Waals surface area contributed by atoms with Crippen LogP contribution in [0.3, 0.4) is 0 Å². The topological polar surface area (TPSA) is 25.8 Å². The molecule has 0 saturated carbocycles. The molecule has 0 aliphatic heterocycles. The molecule has 15 heavy (non-hydrogen) atoms. The number of nitrogens with zero attached hydrogens (tertiary/aromatic N) is 2. The van der Waals surface area contributed by atoms with E-state index in [-0.39, 0.29) is 0 Å². The van der Waals surface area contributed by atoms with Crippen LogP contribution in [0.4, 0.5) is 0 Å². The first-order valence-corrected chi connectivity index (χ1v) is 6.21. The average Bonchev–Trinajstić information content (AvgIpc) is 2.26. The molecule has 0 saturated heterocycles. The van der Waals surface area contributed by atoms with Crippen LogP contribution in [0.25, 0.3) is 11.0 Å². The van der Waals surface area contributed by atoms with E-state index in [2.05, 4.69) is 16.9 Å². The highest BCUT2D eigenvalue weighted by Crippen LogP contribution is 2.20. The summed E-state index contributed by atoms with van der Waals surface area (Å²) in [6.07, 6.45) is 2.95. The SMILES string of the molecule is CCCSc1cnc2cc(Cl)ccc2n1. The van der Waals surface area contributed by atoms with Crippen LogP contribution in [0.5, 0.6) is 0 Å². The van der Waals surface area contributed by atoms with Gasteiger partial charge in [0, 0.05) is 5.02 Å². The van der Waals surface area contributed by atoms with Gasteiger partial charge in [-0.25, -0.2) is 4.98 Å². The van der Waals surface area contributed by atoms with E-state index in [0.717, 1.165) is 28.2 Å². The Morgan fingerprint density at radius 2 is 2.20 bits per heavy atom. The number of rotatable bonds is 3. The zero-order valence-electron chi connectivity index (χ0n) is 8.40. The van der Waals surface area contributed by atoms with Gasteiger partial charge in [0.05, 0.1) is 17.2 Å². The largest absolute Gasteiger partial charge is 0.252 e. The molecule has 0 bridgehead atoms. The number of benzene rings is 1. The first-order chi connectivity index (χ1) is 7.29. The van der Waals surface area contributed by atoms with Crippen LogP contribution in [0, 0.1) is 0 Å². The Bertz CT molecular complexity index is 473. The highest BCUT2D eigenvalue weighted by atomic mass is 35.5. The Kier molecular flexibility index (Phi) is 3.44. The maximum atomic E-state index is 5.87. The molecule has 0 radical (unpaired) electrons. The molecule has 0 unspecified atom stereocenters. The molecule has 0 fully saturated rings. The van der Waals surface area contributed by atoms with Gasteiger partial charge < -0.3 is 0 Å². The Morgan fingerprint density at radius 1 is 1.33 bits per heavy atom. The highest BCUT2D eigenvalue weighted by Gasteiger charge is 2.00. The monoisotopic (exact) mass is 238 g/mol. The van der Waals surface area contributed by atoms with Gasteiger partial charge in [0.1, 0.15) is 5.03 Å². The minimum atomic E-state index is 0.700. The predicted molar refractivity (Wildman–Crippen MR) is 65.6 cm³/mol. The Balaban J connectivity index is 2.34. The molecule has 0 aliphatic carbocycles. The standard InChI is InChI=1S/C11H11ClN2S/c1-2-5-15-11-7-13-10-6-8(12)3-4-9(10)14-11/h3-4,6-7H,2,5H2,1H3. The van der Waals surface area contributed by atoms with Crippen molar-refractivity contribution < 1.29 is 0 Å². The van der Waals surface area contributed by atoms with E-state index in [4.69, 9.17) is 11.6 Å². The third-order valence-electron chi connectivity index (χ3n) is 1.94. The highest BCUT2D eigenvalue weighted by molar-refractivity contribution is 7.99. The summed E-state index contributed by atoms with van der Waals surface area (Å²) >= 11 is 7.60. The van der Waals surface area contributed by atoms with Gasteiger partial charge in [-0.1, -0.05) is 18.5 Å². The second-order valence-electron chi connectivity index (χ2n) is 3.19. The van der Waals surface area contributed by atoms with Crippen LogP contribution in [0.1, 0.15) is 13.3 Å². The summed E-state index contributed by atoms with van der Waals surface area (Å²) in [5.41, 5.74) is 1.75. The maximum Gasteiger partial charge on any atom is 0.115 e. The molecule has 1 heterocycles. The second kappa shape index (κ2) is 4.81. The zero-order valence-corrected chi connectivity index (χ0v) is 9.98. The second-order valence-corrected chi connectivity index (χ2v) is 4.74. The molecule has 1 aromatic carbocycles. The van der Waals surface area contributed by atoms with Crippen LogP contribution in [-0.2, 0) is 0 Å². The van der Waals surface area contributed by atoms with E-state index in [0.29, 0.717) is 5.02 Å². The van der Waals surface area contributed by atoms with Crippen molar-refractivity contribution in [1.82, 2.24) is 9.97 Å². The van der Waals surface area contributed by atoms with Crippen molar-refractivity contribution in [2.24, 2.45) is 0 Å². The quantitative estimate of drug-likeness (QED) is 0.761. The molecule has 2 nitrogen and oxygen atoms in total. The Morgan fingerprint density at radius 3 is 3.00 bits per heavy atom. The van der Waals surface area contributed by atoms with E-state index in [9.17, 15) is 0 Å². The van der Waals surface area contributed by atoms with Crippen molar-refractivity contribution >= 4 is 34.4 Å². The van der Waals surface area contributed by atoms with Crippen molar-refractivity contribution in [3.05, 3.63) is 29.4 Å². The molecule has 4 heteroatoms. The summed E-state index contributed by atoms with van der Waals surface area (Å²) in [5, 5.41) is 1.68. The number of aromatic nitrogens is 2. The van der Waals surface area contributed by atoms with E-state index in [1.807, 2.05) is 18.2 Å². The van der Waals surface area contributed by atoms with Crippen molar-refractivity contribution in [2.75, 3.05) is 5.75 Å². The van der Waals surface area contributed by atoms with Crippen molar-refractivity contribution in [2.45, 2.75) is 18.4 Å². The van der Waals surface area contributed by atoms with Gasteiger partial charge in [-0.3, -0.25) is 4.98 Å². The fourth-order valence-corrected chi connectivity index (χ4v) is 2.11. The molecule has 0 amide bonds. The van der Waals surface area contributed by atoms with Gasteiger partial charge in [-0.05, 0) is 30.4 Å². The lowest BCUT2D eigenvalue weighted by atomic mass is 10.3. The summed E-state index contributed by atoms with van der Waals surface area (Å²) in [5.74, 6) is 1.08.